The zero-order valence-electron chi connectivity index (χ0n) is 10.3. The van der Waals surface area contributed by atoms with Crippen LogP contribution in [0.2, 0.25) is 0 Å². The second-order valence-corrected chi connectivity index (χ2v) is 5.62. The zero-order valence-corrected chi connectivity index (χ0v) is 11.1. The highest BCUT2D eigenvalue weighted by atomic mass is 32.1. The van der Waals surface area contributed by atoms with Crippen LogP contribution in [-0.4, -0.2) is 29.1 Å². The van der Waals surface area contributed by atoms with Crippen LogP contribution in [0.4, 0.5) is 5.13 Å². The van der Waals surface area contributed by atoms with E-state index in [0.717, 1.165) is 36.6 Å². The van der Waals surface area contributed by atoms with Gasteiger partial charge in [0.15, 0.2) is 5.13 Å². The summed E-state index contributed by atoms with van der Waals surface area (Å²) < 4.78 is 0. The fourth-order valence-electron chi connectivity index (χ4n) is 2.49. The molecule has 1 atom stereocenters. The van der Waals surface area contributed by atoms with Crippen LogP contribution in [0.5, 0.6) is 0 Å². The first kappa shape index (κ1) is 12.4. The molecule has 0 amide bonds. The molecule has 1 aromatic heterocycles. The van der Waals surface area contributed by atoms with E-state index in [1.54, 1.807) is 11.3 Å². The molecule has 1 aliphatic heterocycles. The maximum Gasteiger partial charge on any atom is 0.311 e. The van der Waals surface area contributed by atoms with Gasteiger partial charge in [0.2, 0.25) is 0 Å². The third-order valence-corrected chi connectivity index (χ3v) is 4.43. The molecule has 0 aromatic carbocycles. The van der Waals surface area contributed by atoms with Gasteiger partial charge in [-0.05, 0) is 19.8 Å². The Balaban J connectivity index is 2.14. The predicted molar refractivity (Wildman–Crippen MR) is 68.7 cm³/mol. The van der Waals surface area contributed by atoms with Crippen molar-refractivity contribution in [3.63, 3.8) is 0 Å². The SMILES string of the molecule is CCCC1(C(=O)O)CCN(c2nc(C)cs2)C1. The Kier molecular flexibility index (Phi) is 3.38. The number of carboxylic acids is 1. The van der Waals surface area contributed by atoms with Crippen LogP contribution in [0, 0.1) is 12.3 Å². The molecule has 1 N–H and O–H groups in total. The van der Waals surface area contributed by atoms with Crippen LogP contribution in [0.15, 0.2) is 5.38 Å². The van der Waals surface area contributed by atoms with Crippen molar-refractivity contribution in [3.05, 3.63) is 11.1 Å². The van der Waals surface area contributed by atoms with Crippen molar-refractivity contribution < 1.29 is 9.90 Å². The number of aromatic nitrogens is 1. The fourth-order valence-corrected chi connectivity index (χ4v) is 3.32. The van der Waals surface area contributed by atoms with Gasteiger partial charge in [0, 0.05) is 18.5 Å². The molecule has 2 rings (SSSR count). The Labute approximate surface area is 105 Å². The zero-order chi connectivity index (χ0) is 12.5. The third-order valence-electron chi connectivity index (χ3n) is 3.41. The van der Waals surface area contributed by atoms with Crippen LogP contribution >= 0.6 is 11.3 Å². The molecule has 94 valence electrons. The van der Waals surface area contributed by atoms with Crippen molar-refractivity contribution in [2.75, 3.05) is 18.0 Å². The highest BCUT2D eigenvalue weighted by Crippen LogP contribution is 2.38. The number of hydrogen-bond acceptors (Lipinski definition) is 4. The Hall–Kier alpha value is -1.10. The van der Waals surface area contributed by atoms with E-state index in [1.165, 1.54) is 0 Å². The van der Waals surface area contributed by atoms with Gasteiger partial charge in [0.05, 0.1) is 11.1 Å². The summed E-state index contributed by atoms with van der Waals surface area (Å²) in [5.41, 5.74) is 0.447. The number of nitrogens with zero attached hydrogens (tertiary/aromatic N) is 2. The Morgan fingerprint density at radius 2 is 2.47 bits per heavy atom. The highest BCUT2D eigenvalue weighted by Gasteiger charge is 2.44. The van der Waals surface area contributed by atoms with Gasteiger partial charge in [-0.1, -0.05) is 13.3 Å². The van der Waals surface area contributed by atoms with Gasteiger partial charge in [-0.3, -0.25) is 4.79 Å². The van der Waals surface area contributed by atoms with Crippen LogP contribution in [-0.2, 0) is 4.79 Å². The lowest BCUT2D eigenvalue weighted by Crippen LogP contribution is -2.34. The minimum Gasteiger partial charge on any atom is -0.481 e. The van der Waals surface area contributed by atoms with E-state index >= 15 is 0 Å². The van der Waals surface area contributed by atoms with Gasteiger partial charge in [-0.15, -0.1) is 11.3 Å². The van der Waals surface area contributed by atoms with Gasteiger partial charge in [0.25, 0.3) is 0 Å². The highest BCUT2D eigenvalue weighted by molar-refractivity contribution is 7.13. The third kappa shape index (κ3) is 2.29. The van der Waals surface area contributed by atoms with E-state index in [2.05, 4.69) is 9.88 Å². The van der Waals surface area contributed by atoms with Crippen molar-refractivity contribution in [1.29, 1.82) is 0 Å². The van der Waals surface area contributed by atoms with Gasteiger partial charge >= 0.3 is 5.97 Å². The molecule has 2 heterocycles. The first-order valence-corrected chi connectivity index (χ1v) is 6.86. The minimum absolute atomic E-state index is 0.561. The second kappa shape index (κ2) is 4.64. The van der Waals surface area contributed by atoms with Gasteiger partial charge in [-0.2, -0.15) is 0 Å². The van der Waals surface area contributed by atoms with E-state index in [0.29, 0.717) is 6.54 Å². The molecule has 0 spiro atoms. The van der Waals surface area contributed by atoms with Crippen LogP contribution < -0.4 is 4.90 Å². The summed E-state index contributed by atoms with van der Waals surface area (Å²) in [6.45, 7) is 5.41. The molecule has 0 saturated carbocycles. The van der Waals surface area contributed by atoms with Crippen LogP contribution in [0.3, 0.4) is 0 Å². The molecule has 1 aromatic rings. The Morgan fingerprint density at radius 1 is 1.71 bits per heavy atom. The molecule has 1 fully saturated rings. The monoisotopic (exact) mass is 254 g/mol. The van der Waals surface area contributed by atoms with E-state index < -0.39 is 11.4 Å². The fraction of sp³-hybridized carbons (Fsp3) is 0.667. The van der Waals surface area contributed by atoms with Crippen molar-refractivity contribution >= 4 is 22.4 Å². The minimum atomic E-state index is -0.657. The summed E-state index contributed by atoms with van der Waals surface area (Å²) in [6.07, 6.45) is 2.40. The molecular formula is C12H18N2O2S. The van der Waals surface area contributed by atoms with Crippen molar-refractivity contribution in [1.82, 2.24) is 4.98 Å². The summed E-state index contributed by atoms with van der Waals surface area (Å²) in [4.78, 5) is 18.0. The summed E-state index contributed by atoms with van der Waals surface area (Å²) in [7, 11) is 0. The van der Waals surface area contributed by atoms with E-state index in [-0.39, 0.29) is 0 Å². The van der Waals surface area contributed by atoms with Crippen molar-refractivity contribution in [2.45, 2.75) is 33.1 Å². The first-order chi connectivity index (χ1) is 8.07. The molecule has 5 heteroatoms. The predicted octanol–water partition coefficient (Wildman–Crippen LogP) is 2.53. The number of thiazole rings is 1. The number of rotatable bonds is 4. The average molecular weight is 254 g/mol. The number of carbonyl (C=O) groups is 1. The van der Waals surface area contributed by atoms with Gasteiger partial charge in [-0.25, -0.2) is 4.98 Å². The summed E-state index contributed by atoms with van der Waals surface area (Å²) in [5.74, 6) is -0.657. The lowest BCUT2D eigenvalue weighted by Gasteiger charge is -2.23. The molecule has 4 nitrogen and oxygen atoms in total. The maximum atomic E-state index is 11.5. The number of aliphatic carboxylic acids is 1. The molecule has 1 aliphatic rings. The molecule has 0 bridgehead atoms. The van der Waals surface area contributed by atoms with Crippen LogP contribution in [0.1, 0.15) is 31.9 Å². The second-order valence-electron chi connectivity index (χ2n) is 4.78. The Bertz CT molecular complexity index is 418. The van der Waals surface area contributed by atoms with Crippen LogP contribution in [0.25, 0.3) is 0 Å². The standard InChI is InChI=1S/C12H18N2O2S/c1-3-4-12(10(15)16)5-6-14(8-12)11-13-9(2)7-17-11/h7H,3-6,8H2,1-2H3,(H,15,16). The molecule has 1 unspecified atom stereocenters. The molecule has 1 saturated heterocycles. The van der Waals surface area contributed by atoms with E-state index in [4.69, 9.17) is 0 Å². The largest absolute Gasteiger partial charge is 0.481 e. The number of hydrogen-bond donors (Lipinski definition) is 1. The maximum absolute atomic E-state index is 11.5. The van der Waals surface area contributed by atoms with Crippen molar-refractivity contribution in [2.24, 2.45) is 5.41 Å². The Morgan fingerprint density at radius 3 is 3.00 bits per heavy atom. The number of aryl methyl sites for hydroxylation is 1. The summed E-state index contributed by atoms with van der Waals surface area (Å²) in [6, 6.07) is 0. The normalized spacial score (nSPS) is 24.2. The molecular weight excluding hydrogens is 236 g/mol. The molecule has 17 heavy (non-hydrogen) atoms. The lowest BCUT2D eigenvalue weighted by molar-refractivity contribution is -0.148. The summed E-state index contributed by atoms with van der Waals surface area (Å²) >= 11 is 1.60. The quantitative estimate of drug-likeness (QED) is 0.897. The van der Waals surface area contributed by atoms with E-state index in [9.17, 15) is 9.90 Å². The number of carboxylic acid groups (broad SMARTS) is 1. The average Bonchev–Trinajstić information content (AvgIpc) is 2.86. The topological polar surface area (TPSA) is 53.4 Å². The first-order valence-electron chi connectivity index (χ1n) is 5.98. The molecule has 0 radical (unpaired) electrons. The van der Waals surface area contributed by atoms with Crippen molar-refractivity contribution in [3.8, 4) is 0 Å². The molecule has 0 aliphatic carbocycles. The number of anilines is 1. The van der Waals surface area contributed by atoms with Gasteiger partial charge < -0.3 is 10.0 Å². The van der Waals surface area contributed by atoms with Gasteiger partial charge in [0.1, 0.15) is 0 Å². The lowest BCUT2D eigenvalue weighted by atomic mass is 9.83. The smallest absolute Gasteiger partial charge is 0.311 e. The summed E-state index contributed by atoms with van der Waals surface area (Å²) in [5, 5.41) is 12.4. The van der Waals surface area contributed by atoms with E-state index in [1.807, 2.05) is 19.2 Å².